The Balaban J connectivity index is 1.82. The van der Waals surface area contributed by atoms with Gasteiger partial charge in [0.2, 0.25) is 15.9 Å². The predicted molar refractivity (Wildman–Crippen MR) is 97.4 cm³/mol. The molecule has 1 amide bonds. The van der Waals surface area contributed by atoms with Gasteiger partial charge in [-0.15, -0.1) is 0 Å². The Bertz CT molecular complexity index is 786. The minimum Gasteiger partial charge on any atom is -0.351 e. The van der Waals surface area contributed by atoms with E-state index in [-0.39, 0.29) is 24.3 Å². The lowest BCUT2D eigenvalue weighted by Crippen LogP contribution is -2.66. The minimum atomic E-state index is -3.39. The van der Waals surface area contributed by atoms with Crippen molar-refractivity contribution in [2.45, 2.75) is 31.8 Å². The zero-order valence-corrected chi connectivity index (χ0v) is 16.1. The van der Waals surface area contributed by atoms with E-state index in [2.05, 4.69) is 10.2 Å². The molecule has 2 atom stereocenters. The molecule has 1 aromatic rings. The molecule has 0 unspecified atom stereocenters. The van der Waals surface area contributed by atoms with Crippen LogP contribution in [0.15, 0.2) is 24.3 Å². The summed E-state index contributed by atoms with van der Waals surface area (Å²) in [5, 5.41) is 2.93. The van der Waals surface area contributed by atoms with Crippen LogP contribution in [-0.4, -0.2) is 62.5 Å². The van der Waals surface area contributed by atoms with Crippen molar-refractivity contribution in [3.8, 4) is 0 Å². The summed E-state index contributed by atoms with van der Waals surface area (Å²) in [4.78, 5) is 15.2. The van der Waals surface area contributed by atoms with E-state index in [1.165, 1.54) is 22.7 Å². The molecular weight excluding hydrogens is 357 g/mol. The molecule has 3 rings (SSSR count). The van der Waals surface area contributed by atoms with Gasteiger partial charge in [-0.1, -0.05) is 12.1 Å². The Hall–Kier alpha value is -1.51. The second-order valence-corrected chi connectivity index (χ2v) is 9.41. The zero-order chi connectivity index (χ0) is 18.9. The molecule has 0 saturated carbocycles. The SMILES string of the molecule is CN1CC[C@]2(C(=O)NCc3cccc(F)c3)CCCN(S(C)(=O)=O)[C@H]2C1. The van der Waals surface area contributed by atoms with E-state index in [1.807, 2.05) is 7.05 Å². The van der Waals surface area contributed by atoms with E-state index in [9.17, 15) is 17.6 Å². The lowest BCUT2D eigenvalue weighted by Gasteiger charge is -2.52. The van der Waals surface area contributed by atoms with Crippen LogP contribution in [0.2, 0.25) is 0 Å². The van der Waals surface area contributed by atoms with Crippen LogP contribution in [0, 0.1) is 11.2 Å². The van der Waals surface area contributed by atoms with Crippen molar-refractivity contribution in [2.24, 2.45) is 5.41 Å². The van der Waals surface area contributed by atoms with Crippen molar-refractivity contribution in [1.82, 2.24) is 14.5 Å². The van der Waals surface area contributed by atoms with Gasteiger partial charge in [0, 0.05) is 19.6 Å². The lowest BCUT2D eigenvalue weighted by atomic mass is 9.68. The fourth-order valence-corrected chi connectivity index (χ4v) is 5.45. The van der Waals surface area contributed by atoms with Crippen molar-refractivity contribution >= 4 is 15.9 Å². The van der Waals surface area contributed by atoms with Crippen molar-refractivity contribution in [3.63, 3.8) is 0 Å². The zero-order valence-electron chi connectivity index (χ0n) is 15.2. The van der Waals surface area contributed by atoms with E-state index in [0.717, 1.165) is 6.54 Å². The number of halogens is 1. The van der Waals surface area contributed by atoms with Gasteiger partial charge in [0.05, 0.1) is 17.7 Å². The molecular formula is C18H26FN3O3S. The molecule has 0 spiro atoms. The summed E-state index contributed by atoms with van der Waals surface area (Å²) >= 11 is 0. The second kappa shape index (κ2) is 7.25. The maximum Gasteiger partial charge on any atom is 0.228 e. The van der Waals surface area contributed by atoms with E-state index < -0.39 is 15.4 Å². The Morgan fingerprint density at radius 2 is 2.12 bits per heavy atom. The number of likely N-dealkylation sites (N-methyl/N-ethyl adjacent to an activating group) is 1. The van der Waals surface area contributed by atoms with Gasteiger partial charge in [-0.2, -0.15) is 4.31 Å². The number of hydrogen-bond donors (Lipinski definition) is 1. The summed E-state index contributed by atoms with van der Waals surface area (Å²) in [7, 11) is -1.44. The number of piperidine rings is 2. The highest BCUT2D eigenvalue weighted by molar-refractivity contribution is 7.88. The second-order valence-electron chi connectivity index (χ2n) is 7.47. The highest BCUT2D eigenvalue weighted by Crippen LogP contribution is 2.43. The number of carbonyl (C=O) groups is 1. The molecule has 1 N–H and O–H groups in total. The van der Waals surface area contributed by atoms with E-state index in [1.54, 1.807) is 12.1 Å². The molecule has 8 heteroatoms. The molecule has 2 saturated heterocycles. The molecule has 1 aromatic carbocycles. The normalized spacial score (nSPS) is 27.7. The van der Waals surface area contributed by atoms with Crippen LogP contribution < -0.4 is 5.32 Å². The average Bonchev–Trinajstić information content (AvgIpc) is 2.58. The standard InChI is InChI=1S/C18H26FN3O3S/c1-21-10-8-18(7-4-9-22(16(18)13-21)26(2,24)25)17(23)20-12-14-5-3-6-15(19)11-14/h3,5-6,11,16H,4,7-10,12-13H2,1-2H3,(H,20,23)/t16-,18+/m0/s1. The fourth-order valence-electron chi connectivity index (χ4n) is 4.26. The molecule has 144 valence electrons. The van der Waals surface area contributed by atoms with Gasteiger partial charge in [-0.05, 0) is 50.6 Å². The third-order valence-corrected chi connectivity index (χ3v) is 6.92. The van der Waals surface area contributed by atoms with Gasteiger partial charge in [0.1, 0.15) is 5.82 Å². The Kier molecular flexibility index (Phi) is 5.37. The topological polar surface area (TPSA) is 69.7 Å². The minimum absolute atomic E-state index is 0.131. The first kappa shape index (κ1) is 19.3. The summed E-state index contributed by atoms with van der Waals surface area (Å²) in [6.07, 6.45) is 3.17. The highest BCUT2D eigenvalue weighted by atomic mass is 32.2. The fraction of sp³-hybridized carbons (Fsp3) is 0.611. The molecule has 2 aliphatic heterocycles. The van der Waals surface area contributed by atoms with Gasteiger partial charge in [-0.25, -0.2) is 12.8 Å². The number of hydrogen-bond acceptors (Lipinski definition) is 4. The molecule has 2 heterocycles. The number of nitrogens with one attached hydrogen (secondary N) is 1. The average molecular weight is 383 g/mol. The number of fused-ring (bicyclic) bond motifs is 1. The van der Waals surface area contributed by atoms with Crippen molar-refractivity contribution in [1.29, 1.82) is 0 Å². The molecule has 2 aliphatic rings. The third kappa shape index (κ3) is 3.77. The summed E-state index contributed by atoms with van der Waals surface area (Å²) in [5.74, 6) is -0.471. The van der Waals surface area contributed by atoms with Gasteiger partial charge in [0.15, 0.2) is 0 Å². The smallest absolute Gasteiger partial charge is 0.228 e. The summed E-state index contributed by atoms with van der Waals surface area (Å²) in [6.45, 7) is 1.98. The highest BCUT2D eigenvalue weighted by Gasteiger charge is 2.54. The van der Waals surface area contributed by atoms with E-state index in [4.69, 9.17) is 0 Å². The van der Waals surface area contributed by atoms with E-state index >= 15 is 0 Å². The number of nitrogens with zero attached hydrogens (tertiary/aromatic N) is 2. The van der Waals surface area contributed by atoms with Gasteiger partial charge < -0.3 is 10.2 Å². The Labute approximate surface area is 154 Å². The first-order valence-corrected chi connectivity index (χ1v) is 10.8. The third-order valence-electron chi connectivity index (χ3n) is 5.63. The predicted octanol–water partition coefficient (Wildman–Crippen LogP) is 1.19. The first-order valence-electron chi connectivity index (χ1n) is 8.90. The van der Waals surface area contributed by atoms with Crippen LogP contribution >= 0.6 is 0 Å². The van der Waals surface area contributed by atoms with Crippen LogP contribution in [-0.2, 0) is 21.4 Å². The molecule has 6 nitrogen and oxygen atoms in total. The van der Waals surface area contributed by atoms with Crippen LogP contribution in [0.3, 0.4) is 0 Å². The molecule has 0 aromatic heterocycles. The first-order chi connectivity index (χ1) is 12.2. The van der Waals surface area contributed by atoms with E-state index in [0.29, 0.717) is 37.9 Å². The number of sulfonamides is 1. The summed E-state index contributed by atoms with van der Waals surface area (Å²) in [5.41, 5.74) is -0.0312. The van der Waals surface area contributed by atoms with Crippen molar-refractivity contribution in [2.75, 3.05) is 32.9 Å². The largest absolute Gasteiger partial charge is 0.351 e. The molecule has 0 aliphatic carbocycles. The van der Waals surface area contributed by atoms with Crippen LogP contribution in [0.1, 0.15) is 24.8 Å². The van der Waals surface area contributed by atoms with Crippen molar-refractivity contribution in [3.05, 3.63) is 35.6 Å². The van der Waals surface area contributed by atoms with Crippen LogP contribution in [0.4, 0.5) is 4.39 Å². The van der Waals surface area contributed by atoms with Gasteiger partial charge in [0.25, 0.3) is 0 Å². The summed E-state index contributed by atoms with van der Waals surface area (Å²) < 4.78 is 39.4. The molecule has 0 bridgehead atoms. The number of amides is 1. The molecule has 2 fully saturated rings. The Morgan fingerprint density at radius 1 is 1.35 bits per heavy atom. The monoisotopic (exact) mass is 383 g/mol. The lowest BCUT2D eigenvalue weighted by molar-refractivity contribution is -0.141. The Morgan fingerprint density at radius 3 is 2.81 bits per heavy atom. The van der Waals surface area contributed by atoms with Gasteiger partial charge >= 0.3 is 0 Å². The maximum absolute atomic E-state index is 13.3. The number of rotatable bonds is 4. The van der Waals surface area contributed by atoms with Crippen LogP contribution in [0.25, 0.3) is 0 Å². The molecule has 0 radical (unpaired) electrons. The quantitative estimate of drug-likeness (QED) is 0.848. The van der Waals surface area contributed by atoms with Crippen LogP contribution in [0.5, 0.6) is 0 Å². The van der Waals surface area contributed by atoms with Gasteiger partial charge in [-0.3, -0.25) is 4.79 Å². The molecule has 26 heavy (non-hydrogen) atoms. The number of carbonyl (C=O) groups excluding carboxylic acids is 1. The van der Waals surface area contributed by atoms with Crippen molar-refractivity contribution < 1.29 is 17.6 Å². The number of likely N-dealkylation sites (tertiary alicyclic amines) is 1. The maximum atomic E-state index is 13.3. The summed E-state index contributed by atoms with van der Waals surface area (Å²) in [6, 6.07) is 5.77. The number of benzene rings is 1.